The van der Waals surface area contributed by atoms with Crippen LogP contribution >= 0.6 is 11.3 Å². The molecule has 0 unspecified atom stereocenters. The summed E-state index contributed by atoms with van der Waals surface area (Å²) in [5.74, 6) is -1.34. The summed E-state index contributed by atoms with van der Waals surface area (Å²) < 4.78 is 11.9. The molecular weight excluding hydrogens is 372 g/mol. The highest BCUT2D eigenvalue weighted by atomic mass is 32.1. The molecule has 0 saturated heterocycles. The van der Waals surface area contributed by atoms with Crippen LogP contribution in [0.15, 0.2) is 35.0 Å². The minimum absolute atomic E-state index is 0.0552. The molecule has 0 aliphatic rings. The zero-order valence-corrected chi connectivity index (χ0v) is 15.3. The van der Waals surface area contributed by atoms with Crippen LogP contribution in [0.4, 0.5) is 5.00 Å². The summed E-state index contributed by atoms with van der Waals surface area (Å²) in [6.45, 7) is 1.94. The first-order chi connectivity index (χ1) is 12.9. The predicted octanol–water partition coefficient (Wildman–Crippen LogP) is 2.03. The van der Waals surface area contributed by atoms with E-state index in [2.05, 4.69) is 10.4 Å². The van der Waals surface area contributed by atoms with Gasteiger partial charge in [0, 0.05) is 12.4 Å². The Morgan fingerprint density at radius 3 is 2.78 bits per heavy atom. The van der Waals surface area contributed by atoms with Gasteiger partial charge >= 0.3 is 5.97 Å². The molecule has 0 atom stereocenters. The number of nitrogens with zero attached hydrogens (tertiary/aromatic N) is 2. The number of amides is 2. The molecule has 0 aliphatic heterocycles. The summed E-state index contributed by atoms with van der Waals surface area (Å²) in [7, 11) is 1.21. The number of nitrogens with one attached hydrogen (secondary N) is 1. The molecule has 0 fully saturated rings. The number of esters is 1. The molecule has 0 spiro atoms. The number of aromatic nitrogens is 2. The summed E-state index contributed by atoms with van der Waals surface area (Å²) in [4.78, 5) is 36.3. The van der Waals surface area contributed by atoms with Gasteiger partial charge in [-0.05, 0) is 30.7 Å². The highest BCUT2D eigenvalue weighted by Crippen LogP contribution is 2.33. The van der Waals surface area contributed by atoms with Crippen LogP contribution in [-0.4, -0.2) is 34.7 Å². The zero-order valence-electron chi connectivity index (χ0n) is 14.5. The molecule has 3 rings (SSSR count). The van der Waals surface area contributed by atoms with E-state index in [0.717, 1.165) is 11.3 Å². The van der Waals surface area contributed by atoms with Gasteiger partial charge in [-0.1, -0.05) is 0 Å². The Morgan fingerprint density at radius 1 is 1.37 bits per heavy atom. The van der Waals surface area contributed by atoms with Gasteiger partial charge < -0.3 is 20.2 Å². The molecule has 3 aromatic heterocycles. The Labute approximate surface area is 157 Å². The predicted molar refractivity (Wildman–Crippen MR) is 96.9 cm³/mol. The van der Waals surface area contributed by atoms with Crippen molar-refractivity contribution in [2.24, 2.45) is 5.73 Å². The van der Waals surface area contributed by atoms with E-state index in [0.29, 0.717) is 17.9 Å². The third-order valence-corrected chi connectivity index (χ3v) is 4.97. The summed E-state index contributed by atoms with van der Waals surface area (Å²) >= 11 is 0.908. The lowest BCUT2D eigenvalue weighted by atomic mass is 10.1. The van der Waals surface area contributed by atoms with Crippen LogP contribution in [0.25, 0.3) is 0 Å². The second-order valence-corrected chi connectivity index (χ2v) is 6.56. The minimum atomic E-state index is -0.692. The third-order valence-electron chi connectivity index (χ3n) is 3.75. The number of furan rings is 1. The first-order valence-corrected chi connectivity index (χ1v) is 8.61. The van der Waals surface area contributed by atoms with E-state index < -0.39 is 17.8 Å². The number of nitrogens with two attached hydrogens (primary N) is 1. The standard InChI is InChI=1S/C17H16N4O5S/c1-9-12(17(24)25-2)16(27-13(9)14(18)22)20-15(23)11-5-4-10(26-11)8-21-7-3-6-19-21/h3-7H,8H2,1-2H3,(H2,18,22)(H,20,23). The number of carbonyl (C=O) groups excluding carboxylic acids is 3. The van der Waals surface area contributed by atoms with Crippen LogP contribution in [-0.2, 0) is 11.3 Å². The lowest BCUT2D eigenvalue weighted by Crippen LogP contribution is -2.14. The third kappa shape index (κ3) is 3.75. The van der Waals surface area contributed by atoms with Gasteiger partial charge in [-0.15, -0.1) is 11.3 Å². The second kappa shape index (κ2) is 7.46. The molecule has 27 heavy (non-hydrogen) atoms. The maximum absolute atomic E-state index is 12.5. The van der Waals surface area contributed by atoms with Crippen LogP contribution in [0, 0.1) is 6.92 Å². The maximum atomic E-state index is 12.5. The van der Waals surface area contributed by atoms with Crippen molar-refractivity contribution in [3.05, 3.63) is 58.1 Å². The van der Waals surface area contributed by atoms with Gasteiger partial charge in [-0.25, -0.2) is 4.79 Å². The Hall–Kier alpha value is -3.40. The monoisotopic (exact) mass is 388 g/mol. The minimum Gasteiger partial charge on any atom is -0.465 e. The SMILES string of the molecule is COC(=O)c1c(NC(=O)c2ccc(Cn3cccn3)o2)sc(C(N)=O)c1C. The van der Waals surface area contributed by atoms with Crippen molar-refractivity contribution in [2.45, 2.75) is 13.5 Å². The van der Waals surface area contributed by atoms with Crippen molar-refractivity contribution >= 4 is 34.1 Å². The molecule has 9 nitrogen and oxygen atoms in total. The van der Waals surface area contributed by atoms with Crippen molar-refractivity contribution in [1.82, 2.24) is 9.78 Å². The van der Waals surface area contributed by atoms with E-state index in [-0.39, 0.29) is 21.2 Å². The lowest BCUT2D eigenvalue weighted by molar-refractivity contribution is 0.0601. The number of hydrogen-bond donors (Lipinski definition) is 2. The maximum Gasteiger partial charge on any atom is 0.341 e. The highest BCUT2D eigenvalue weighted by molar-refractivity contribution is 7.18. The molecule has 0 radical (unpaired) electrons. The van der Waals surface area contributed by atoms with E-state index in [1.165, 1.54) is 13.2 Å². The van der Waals surface area contributed by atoms with E-state index in [1.807, 2.05) is 0 Å². The molecule has 3 heterocycles. The van der Waals surface area contributed by atoms with Crippen LogP contribution < -0.4 is 11.1 Å². The van der Waals surface area contributed by atoms with Crippen molar-refractivity contribution < 1.29 is 23.5 Å². The number of primary amides is 1. The number of carbonyl (C=O) groups is 3. The van der Waals surface area contributed by atoms with Crippen molar-refractivity contribution in [2.75, 3.05) is 12.4 Å². The fraction of sp³-hybridized carbons (Fsp3) is 0.176. The van der Waals surface area contributed by atoms with Crippen molar-refractivity contribution in [1.29, 1.82) is 0 Å². The van der Waals surface area contributed by atoms with Gasteiger partial charge in [-0.3, -0.25) is 14.3 Å². The summed E-state index contributed by atoms with van der Waals surface area (Å²) in [5.41, 5.74) is 5.77. The van der Waals surface area contributed by atoms with Gasteiger partial charge in [0.05, 0.1) is 24.1 Å². The first kappa shape index (κ1) is 18.4. The Morgan fingerprint density at radius 2 is 2.15 bits per heavy atom. The average molecular weight is 388 g/mol. The molecule has 0 aromatic carbocycles. The van der Waals surface area contributed by atoms with Gasteiger partial charge in [0.1, 0.15) is 10.8 Å². The fourth-order valence-corrected chi connectivity index (χ4v) is 3.53. The Bertz CT molecular complexity index is 1000. The normalized spacial score (nSPS) is 10.6. The molecule has 10 heteroatoms. The van der Waals surface area contributed by atoms with E-state index >= 15 is 0 Å². The van der Waals surface area contributed by atoms with Crippen LogP contribution in [0.2, 0.25) is 0 Å². The molecule has 3 N–H and O–H groups in total. The molecular formula is C17H16N4O5S. The number of ether oxygens (including phenoxy) is 1. The first-order valence-electron chi connectivity index (χ1n) is 7.79. The zero-order chi connectivity index (χ0) is 19.6. The molecule has 2 amide bonds. The number of thiophene rings is 1. The van der Waals surface area contributed by atoms with Crippen molar-refractivity contribution in [3.63, 3.8) is 0 Å². The molecule has 0 saturated carbocycles. The lowest BCUT2D eigenvalue weighted by Gasteiger charge is -2.04. The smallest absolute Gasteiger partial charge is 0.341 e. The summed E-state index contributed by atoms with van der Waals surface area (Å²) in [6, 6.07) is 4.95. The molecule has 0 aliphatic carbocycles. The van der Waals surface area contributed by atoms with Gasteiger partial charge in [0.25, 0.3) is 11.8 Å². The van der Waals surface area contributed by atoms with Crippen LogP contribution in [0.5, 0.6) is 0 Å². The largest absolute Gasteiger partial charge is 0.465 e. The Kier molecular flexibility index (Phi) is 5.08. The van der Waals surface area contributed by atoms with Crippen LogP contribution in [0.3, 0.4) is 0 Å². The van der Waals surface area contributed by atoms with Gasteiger partial charge in [0.15, 0.2) is 5.76 Å². The molecule has 0 bridgehead atoms. The van der Waals surface area contributed by atoms with E-state index in [9.17, 15) is 14.4 Å². The number of anilines is 1. The number of methoxy groups -OCH3 is 1. The van der Waals surface area contributed by atoms with Gasteiger partial charge in [-0.2, -0.15) is 5.10 Å². The average Bonchev–Trinajstić information content (AvgIpc) is 3.36. The summed E-state index contributed by atoms with van der Waals surface area (Å²) in [5, 5.41) is 6.82. The topological polar surface area (TPSA) is 129 Å². The highest BCUT2D eigenvalue weighted by Gasteiger charge is 2.26. The van der Waals surface area contributed by atoms with E-state index in [4.69, 9.17) is 14.9 Å². The van der Waals surface area contributed by atoms with Crippen LogP contribution in [0.1, 0.15) is 41.9 Å². The van der Waals surface area contributed by atoms with Gasteiger partial charge in [0.2, 0.25) is 0 Å². The van der Waals surface area contributed by atoms with E-state index in [1.54, 1.807) is 36.1 Å². The number of hydrogen-bond acceptors (Lipinski definition) is 7. The molecule has 3 aromatic rings. The Balaban J connectivity index is 1.83. The quantitative estimate of drug-likeness (QED) is 0.622. The molecule has 140 valence electrons. The summed E-state index contributed by atoms with van der Waals surface area (Å²) in [6.07, 6.45) is 3.41. The number of rotatable bonds is 6. The fourth-order valence-electron chi connectivity index (χ4n) is 2.49. The van der Waals surface area contributed by atoms with Crippen molar-refractivity contribution in [3.8, 4) is 0 Å². The second-order valence-electron chi connectivity index (χ2n) is 5.54.